The smallest absolute Gasteiger partial charge is 0.224 e. The lowest BCUT2D eigenvalue weighted by atomic mass is 9.87. The van der Waals surface area contributed by atoms with Crippen LogP contribution in [0.1, 0.15) is 58.4 Å². The second-order valence-corrected chi connectivity index (χ2v) is 7.30. The fourth-order valence-corrected chi connectivity index (χ4v) is 2.88. The predicted octanol–water partition coefficient (Wildman–Crippen LogP) is 4.19. The molecule has 1 aliphatic heterocycles. The number of carbonyl (C=O) groups is 1. The van der Waals surface area contributed by atoms with Crippen molar-refractivity contribution in [2.45, 2.75) is 58.3 Å². The molecule has 1 heterocycles. The van der Waals surface area contributed by atoms with Crippen molar-refractivity contribution < 1.29 is 4.79 Å². The van der Waals surface area contributed by atoms with Gasteiger partial charge in [-0.2, -0.15) is 0 Å². The zero-order valence-electron chi connectivity index (χ0n) is 14.3. The molecule has 3 nitrogen and oxygen atoms in total. The maximum Gasteiger partial charge on any atom is 0.224 e. The Bertz CT molecular complexity index is 465. The van der Waals surface area contributed by atoms with Gasteiger partial charge in [-0.15, -0.1) is 0 Å². The first-order valence-electron chi connectivity index (χ1n) is 8.59. The van der Waals surface area contributed by atoms with E-state index >= 15 is 0 Å². The van der Waals surface area contributed by atoms with Crippen molar-refractivity contribution in [1.82, 2.24) is 4.90 Å². The van der Waals surface area contributed by atoms with Crippen LogP contribution < -0.4 is 5.32 Å². The number of benzene rings is 1. The normalized spacial score (nSPS) is 16.2. The first kappa shape index (κ1) is 16.9. The first-order valence-corrected chi connectivity index (χ1v) is 8.59. The second kappa shape index (κ2) is 7.66. The molecule has 0 spiro atoms. The van der Waals surface area contributed by atoms with E-state index in [-0.39, 0.29) is 5.41 Å². The molecule has 2 rings (SSSR count). The average molecular weight is 302 g/mol. The van der Waals surface area contributed by atoms with Crippen LogP contribution in [0.3, 0.4) is 0 Å². The molecule has 0 saturated carbocycles. The minimum atomic E-state index is 0.182. The lowest BCUT2D eigenvalue weighted by molar-refractivity contribution is -0.130. The molecule has 0 atom stereocenters. The van der Waals surface area contributed by atoms with Gasteiger partial charge in [0.25, 0.3) is 0 Å². The molecular formula is C19H30N2O. The van der Waals surface area contributed by atoms with Crippen LogP contribution >= 0.6 is 0 Å². The summed E-state index contributed by atoms with van der Waals surface area (Å²) in [6.45, 7) is 9.25. The van der Waals surface area contributed by atoms with Gasteiger partial charge in [-0.25, -0.2) is 0 Å². The van der Waals surface area contributed by atoms with E-state index in [4.69, 9.17) is 0 Å². The summed E-state index contributed by atoms with van der Waals surface area (Å²) >= 11 is 0. The van der Waals surface area contributed by atoms with Crippen LogP contribution in [-0.2, 0) is 10.2 Å². The Morgan fingerprint density at radius 3 is 2.18 bits per heavy atom. The van der Waals surface area contributed by atoms with Crippen molar-refractivity contribution in [2.24, 2.45) is 0 Å². The summed E-state index contributed by atoms with van der Waals surface area (Å²) in [5, 5.41) is 3.36. The number of anilines is 1. The molecule has 0 aromatic heterocycles. The van der Waals surface area contributed by atoms with Crippen molar-refractivity contribution >= 4 is 11.6 Å². The van der Waals surface area contributed by atoms with Crippen molar-refractivity contribution in [3.63, 3.8) is 0 Å². The number of hydrogen-bond acceptors (Lipinski definition) is 2. The first-order chi connectivity index (χ1) is 10.5. The fraction of sp³-hybridized carbons (Fsp3) is 0.632. The van der Waals surface area contributed by atoms with Crippen LogP contribution in [0.2, 0.25) is 0 Å². The quantitative estimate of drug-likeness (QED) is 0.904. The van der Waals surface area contributed by atoms with Gasteiger partial charge in [0.05, 0.1) is 0 Å². The number of hydrogen-bond donors (Lipinski definition) is 1. The summed E-state index contributed by atoms with van der Waals surface area (Å²) in [5.41, 5.74) is 2.61. The van der Waals surface area contributed by atoms with Gasteiger partial charge in [0, 0.05) is 31.7 Å². The Labute approximate surface area is 135 Å². The maximum atomic E-state index is 12.2. The molecular weight excluding hydrogens is 272 g/mol. The molecule has 1 aromatic rings. The number of carbonyl (C=O) groups excluding carboxylic acids is 1. The largest absolute Gasteiger partial charge is 0.385 e. The summed E-state index contributed by atoms with van der Waals surface area (Å²) in [6.07, 6.45) is 5.44. The van der Waals surface area contributed by atoms with Gasteiger partial charge in [-0.05, 0) is 36.0 Å². The maximum absolute atomic E-state index is 12.2. The molecule has 0 aliphatic carbocycles. The monoisotopic (exact) mass is 302 g/mol. The van der Waals surface area contributed by atoms with Crippen LogP contribution in [0.4, 0.5) is 5.69 Å². The Morgan fingerprint density at radius 2 is 1.64 bits per heavy atom. The lowest BCUT2D eigenvalue weighted by Crippen LogP contribution is -2.32. The summed E-state index contributed by atoms with van der Waals surface area (Å²) in [7, 11) is 0. The number of rotatable bonds is 4. The second-order valence-electron chi connectivity index (χ2n) is 7.30. The fourth-order valence-electron chi connectivity index (χ4n) is 2.88. The van der Waals surface area contributed by atoms with E-state index in [1.165, 1.54) is 18.4 Å². The molecule has 0 unspecified atom stereocenters. The number of amides is 1. The van der Waals surface area contributed by atoms with Crippen molar-refractivity contribution in [3.8, 4) is 0 Å². The van der Waals surface area contributed by atoms with Crippen molar-refractivity contribution in [1.29, 1.82) is 0 Å². The molecule has 1 fully saturated rings. The molecule has 1 aliphatic rings. The third-order valence-electron chi connectivity index (χ3n) is 4.38. The Balaban J connectivity index is 1.77. The molecule has 22 heavy (non-hydrogen) atoms. The van der Waals surface area contributed by atoms with Crippen molar-refractivity contribution in [2.75, 3.05) is 25.0 Å². The highest BCUT2D eigenvalue weighted by atomic mass is 16.2. The standard InChI is InChI=1S/C19H30N2O/c1-19(2,3)16-8-10-17(11-9-16)20-13-12-18(22)21-14-6-4-5-7-15-21/h8-11,20H,4-7,12-15H2,1-3H3. The van der Waals surface area contributed by atoms with Crippen LogP contribution in [0, 0.1) is 0 Å². The molecule has 0 bridgehead atoms. The van der Waals surface area contributed by atoms with E-state index in [1.54, 1.807) is 0 Å². The molecule has 1 aromatic carbocycles. The van der Waals surface area contributed by atoms with Gasteiger partial charge in [-0.3, -0.25) is 4.79 Å². The molecule has 1 N–H and O–H groups in total. The van der Waals surface area contributed by atoms with E-state index in [1.807, 2.05) is 4.90 Å². The van der Waals surface area contributed by atoms with Crippen LogP contribution in [0.5, 0.6) is 0 Å². The number of nitrogens with zero attached hydrogens (tertiary/aromatic N) is 1. The third-order valence-corrected chi connectivity index (χ3v) is 4.38. The van der Waals surface area contributed by atoms with E-state index in [0.29, 0.717) is 18.9 Å². The Morgan fingerprint density at radius 1 is 1.05 bits per heavy atom. The topological polar surface area (TPSA) is 32.3 Å². The molecule has 1 amide bonds. The minimum absolute atomic E-state index is 0.182. The third kappa shape index (κ3) is 5.04. The summed E-state index contributed by atoms with van der Waals surface area (Å²) < 4.78 is 0. The molecule has 3 heteroatoms. The van der Waals surface area contributed by atoms with Crippen LogP contribution in [-0.4, -0.2) is 30.4 Å². The van der Waals surface area contributed by atoms with Gasteiger partial charge in [-0.1, -0.05) is 45.7 Å². The molecule has 122 valence electrons. The van der Waals surface area contributed by atoms with E-state index in [9.17, 15) is 4.79 Å². The minimum Gasteiger partial charge on any atom is -0.385 e. The van der Waals surface area contributed by atoms with Gasteiger partial charge >= 0.3 is 0 Å². The van der Waals surface area contributed by atoms with Crippen molar-refractivity contribution in [3.05, 3.63) is 29.8 Å². The highest BCUT2D eigenvalue weighted by molar-refractivity contribution is 5.76. The average Bonchev–Trinajstić information content (AvgIpc) is 2.76. The molecule has 0 radical (unpaired) electrons. The zero-order chi connectivity index (χ0) is 16.0. The SMILES string of the molecule is CC(C)(C)c1ccc(NCCC(=O)N2CCCCCC2)cc1. The highest BCUT2D eigenvalue weighted by Crippen LogP contribution is 2.23. The van der Waals surface area contributed by atoms with Gasteiger partial charge in [0.1, 0.15) is 0 Å². The number of likely N-dealkylation sites (tertiary alicyclic amines) is 1. The Hall–Kier alpha value is -1.51. The van der Waals surface area contributed by atoms with Crippen LogP contribution in [0.15, 0.2) is 24.3 Å². The molecule has 1 saturated heterocycles. The van der Waals surface area contributed by atoms with E-state index in [2.05, 4.69) is 50.4 Å². The van der Waals surface area contributed by atoms with Gasteiger partial charge in [0.2, 0.25) is 5.91 Å². The lowest BCUT2D eigenvalue weighted by Gasteiger charge is -2.21. The highest BCUT2D eigenvalue weighted by Gasteiger charge is 2.15. The summed E-state index contributed by atoms with van der Waals surface area (Å²) in [6, 6.07) is 8.55. The predicted molar refractivity (Wildman–Crippen MR) is 93.3 cm³/mol. The summed E-state index contributed by atoms with van der Waals surface area (Å²) in [4.78, 5) is 14.3. The Kier molecular flexibility index (Phi) is 5.87. The summed E-state index contributed by atoms with van der Waals surface area (Å²) in [5.74, 6) is 0.292. The van der Waals surface area contributed by atoms with Gasteiger partial charge in [0.15, 0.2) is 0 Å². The zero-order valence-corrected chi connectivity index (χ0v) is 14.3. The van der Waals surface area contributed by atoms with Gasteiger partial charge < -0.3 is 10.2 Å². The van der Waals surface area contributed by atoms with E-state index < -0.39 is 0 Å². The number of nitrogens with one attached hydrogen (secondary N) is 1. The van der Waals surface area contributed by atoms with Crippen LogP contribution in [0.25, 0.3) is 0 Å². The van der Waals surface area contributed by atoms with E-state index in [0.717, 1.165) is 31.6 Å².